The van der Waals surface area contributed by atoms with E-state index in [2.05, 4.69) is 32.5 Å². The van der Waals surface area contributed by atoms with Crippen molar-refractivity contribution in [1.29, 1.82) is 0 Å². The predicted octanol–water partition coefficient (Wildman–Crippen LogP) is 1.43. The van der Waals surface area contributed by atoms with E-state index in [1.807, 2.05) is 25.7 Å². The standard InChI is InChI=1S/C17H32N6O.HI/c1-14-16(15(2)22(4)21-14)13-20-17(18-3)19-7-5-6-8-23-9-11-24-12-10-23;/h5-13H2,1-4H3,(H2,18,19,20);1H. The lowest BCUT2D eigenvalue weighted by Crippen LogP contribution is -2.38. The van der Waals surface area contributed by atoms with Crippen molar-refractivity contribution in [1.82, 2.24) is 25.3 Å². The van der Waals surface area contributed by atoms with Gasteiger partial charge in [0.1, 0.15) is 0 Å². The van der Waals surface area contributed by atoms with E-state index in [1.54, 1.807) is 0 Å². The SMILES string of the molecule is CN=C(NCCCCN1CCOCC1)NCc1c(C)nn(C)c1C.I. The average molecular weight is 464 g/mol. The number of hydrogen-bond acceptors (Lipinski definition) is 4. The molecule has 0 atom stereocenters. The fourth-order valence-corrected chi connectivity index (χ4v) is 2.96. The van der Waals surface area contributed by atoms with Gasteiger partial charge < -0.3 is 15.4 Å². The van der Waals surface area contributed by atoms with Crippen LogP contribution in [0.15, 0.2) is 4.99 Å². The predicted molar refractivity (Wildman–Crippen MR) is 113 cm³/mol. The van der Waals surface area contributed by atoms with E-state index in [4.69, 9.17) is 4.74 Å². The first-order valence-corrected chi connectivity index (χ1v) is 8.85. The lowest BCUT2D eigenvalue weighted by Gasteiger charge is -2.26. The normalized spacial score (nSPS) is 15.8. The molecule has 0 unspecified atom stereocenters. The summed E-state index contributed by atoms with van der Waals surface area (Å²) in [4.78, 5) is 6.77. The molecule has 2 heterocycles. The highest BCUT2D eigenvalue weighted by Gasteiger charge is 2.10. The summed E-state index contributed by atoms with van der Waals surface area (Å²) < 4.78 is 7.30. The zero-order valence-corrected chi connectivity index (χ0v) is 18.3. The number of aliphatic imine (C=N–C) groups is 1. The van der Waals surface area contributed by atoms with Crippen molar-refractivity contribution in [2.45, 2.75) is 33.2 Å². The Morgan fingerprint density at radius 1 is 1.20 bits per heavy atom. The molecule has 1 aliphatic heterocycles. The van der Waals surface area contributed by atoms with Crippen LogP contribution in [0, 0.1) is 13.8 Å². The number of guanidine groups is 1. The highest BCUT2D eigenvalue weighted by Crippen LogP contribution is 2.10. The molecule has 1 aliphatic rings. The smallest absolute Gasteiger partial charge is 0.191 e. The number of nitrogens with zero attached hydrogens (tertiary/aromatic N) is 4. The van der Waals surface area contributed by atoms with Crippen LogP contribution in [-0.2, 0) is 18.3 Å². The Labute approximate surface area is 168 Å². The molecular weight excluding hydrogens is 431 g/mol. The molecule has 2 N–H and O–H groups in total. The fraction of sp³-hybridized carbons (Fsp3) is 0.765. The van der Waals surface area contributed by atoms with E-state index in [1.165, 1.54) is 17.7 Å². The van der Waals surface area contributed by atoms with Gasteiger partial charge in [-0.2, -0.15) is 5.10 Å². The summed E-state index contributed by atoms with van der Waals surface area (Å²) in [6.07, 6.45) is 2.34. The molecule has 8 heteroatoms. The van der Waals surface area contributed by atoms with Gasteiger partial charge in [-0.3, -0.25) is 14.6 Å². The summed E-state index contributed by atoms with van der Waals surface area (Å²) >= 11 is 0. The number of rotatable bonds is 7. The molecule has 1 aromatic rings. The maximum atomic E-state index is 5.37. The van der Waals surface area contributed by atoms with Gasteiger partial charge in [0, 0.05) is 51.5 Å². The molecule has 0 amide bonds. The third-order valence-corrected chi connectivity index (χ3v) is 4.61. The van der Waals surface area contributed by atoms with Crippen LogP contribution >= 0.6 is 24.0 Å². The molecule has 144 valence electrons. The molecule has 0 saturated carbocycles. The number of aromatic nitrogens is 2. The summed E-state index contributed by atoms with van der Waals surface area (Å²) in [6.45, 7) is 10.9. The minimum Gasteiger partial charge on any atom is -0.379 e. The zero-order chi connectivity index (χ0) is 17.4. The van der Waals surface area contributed by atoms with Crippen LogP contribution in [-0.4, -0.2) is 67.1 Å². The van der Waals surface area contributed by atoms with Crippen molar-refractivity contribution >= 4 is 29.9 Å². The second kappa shape index (κ2) is 11.7. The van der Waals surface area contributed by atoms with Gasteiger partial charge in [-0.25, -0.2) is 0 Å². The highest BCUT2D eigenvalue weighted by molar-refractivity contribution is 14.0. The molecular formula is C17H33IN6O. The fourth-order valence-electron chi connectivity index (χ4n) is 2.96. The Bertz CT molecular complexity index is 539. The lowest BCUT2D eigenvalue weighted by molar-refractivity contribution is 0.0372. The number of nitrogens with one attached hydrogen (secondary N) is 2. The van der Waals surface area contributed by atoms with Crippen molar-refractivity contribution in [3.63, 3.8) is 0 Å². The number of ether oxygens (including phenoxy) is 1. The summed E-state index contributed by atoms with van der Waals surface area (Å²) in [6, 6.07) is 0. The Hall–Kier alpha value is -0.870. The van der Waals surface area contributed by atoms with Gasteiger partial charge in [0.05, 0.1) is 18.9 Å². The van der Waals surface area contributed by atoms with Gasteiger partial charge in [-0.05, 0) is 33.2 Å². The molecule has 0 aliphatic carbocycles. The summed E-state index contributed by atoms with van der Waals surface area (Å²) in [5.74, 6) is 0.851. The van der Waals surface area contributed by atoms with E-state index >= 15 is 0 Å². The Kier molecular flexibility index (Phi) is 10.4. The number of hydrogen-bond donors (Lipinski definition) is 2. The molecule has 1 saturated heterocycles. The Morgan fingerprint density at radius 3 is 2.52 bits per heavy atom. The topological polar surface area (TPSA) is 66.7 Å². The van der Waals surface area contributed by atoms with Crippen LogP contribution in [0.25, 0.3) is 0 Å². The highest BCUT2D eigenvalue weighted by atomic mass is 127. The number of unbranched alkanes of at least 4 members (excludes halogenated alkanes) is 1. The summed E-state index contributed by atoms with van der Waals surface area (Å²) in [5.41, 5.74) is 3.51. The van der Waals surface area contributed by atoms with Crippen LogP contribution in [0.1, 0.15) is 29.8 Å². The monoisotopic (exact) mass is 464 g/mol. The third-order valence-electron chi connectivity index (χ3n) is 4.61. The number of aryl methyl sites for hydroxylation is 2. The van der Waals surface area contributed by atoms with Gasteiger partial charge in [0.2, 0.25) is 0 Å². The average Bonchev–Trinajstić information content (AvgIpc) is 2.83. The van der Waals surface area contributed by atoms with Crippen LogP contribution in [0.2, 0.25) is 0 Å². The van der Waals surface area contributed by atoms with Crippen molar-refractivity contribution in [2.24, 2.45) is 12.0 Å². The van der Waals surface area contributed by atoms with Crippen LogP contribution in [0.3, 0.4) is 0 Å². The van der Waals surface area contributed by atoms with E-state index in [0.717, 1.165) is 64.0 Å². The molecule has 0 spiro atoms. The van der Waals surface area contributed by atoms with Crippen molar-refractivity contribution < 1.29 is 4.74 Å². The molecule has 2 rings (SSSR count). The van der Waals surface area contributed by atoms with E-state index in [-0.39, 0.29) is 24.0 Å². The number of halogens is 1. The third kappa shape index (κ3) is 7.10. The molecule has 0 aromatic carbocycles. The largest absolute Gasteiger partial charge is 0.379 e. The quantitative estimate of drug-likeness (QED) is 0.277. The maximum Gasteiger partial charge on any atom is 0.191 e. The van der Waals surface area contributed by atoms with Crippen molar-refractivity contribution in [2.75, 3.05) is 46.4 Å². The molecule has 7 nitrogen and oxygen atoms in total. The van der Waals surface area contributed by atoms with Gasteiger partial charge in [0.15, 0.2) is 5.96 Å². The number of morpholine rings is 1. The summed E-state index contributed by atoms with van der Waals surface area (Å²) in [5, 5.41) is 11.2. The van der Waals surface area contributed by atoms with Gasteiger partial charge in [-0.15, -0.1) is 24.0 Å². The van der Waals surface area contributed by atoms with E-state index in [0.29, 0.717) is 0 Å². The van der Waals surface area contributed by atoms with Gasteiger partial charge >= 0.3 is 0 Å². The van der Waals surface area contributed by atoms with Crippen LogP contribution < -0.4 is 10.6 Å². The Balaban J connectivity index is 0.00000312. The minimum atomic E-state index is 0. The first kappa shape index (κ1) is 22.2. The zero-order valence-electron chi connectivity index (χ0n) is 16.0. The van der Waals surface area contributed by atoms with Crippen molar-refractivity contribution in [3.8, 4) is 0 Å². The van der Waals surface area contributed by atoms with Crippen LogP contribution in [0.5, 0.6) is 0 Å². The Morgan fingerprint density at radius 2 is 1.92 bits per heavy atom. The second-order valence-electron chi connectivity index (χ2n) is 6.29. The first-order chi connectivity index (χ1) is 11.6. The van der Waals surface area contributed by atoms with Gasteiger partial charge in [-0.1, -0.05) is 0 Å². The lowest BCUT2D eigenvalue weighted by atomic mass is 10.2. The molecule has 1 aromatic heterocycles. The molecule has 25 heavy (non-hydrogen) atoms. The van der Waals surface area contributed by atoms with E-state index in [9.17, 15) is 0 Å². The molecule has 0 bridgehead atoms. The first-order valence-electron chi connectivity index (χ1n) is 8.85. The van der Waals surface area contributed by atoms with Gasteiger partial charge in [0.25, 0.3) is 0 Å². The maximum absolute atomic E-state index is 5.37. The molecule has 1 fully saturated rings. The molecule has 0 radical (unpaired) electrons. The minimum absolute atomic E-state index is 0. The summed E-state index contributed by atoms with van der Waals surface area (Å²) in [7, 11) is 3.79. The van der Waals surface area contributed by atoms with Crippen LogP contribution in [0.4, 0.5) is 0 Å². The van der Waals surface area contributed by atoms with E-state index < -0.39 is 0 Å². The second-order valence-corrected chi connectivity index (χ2v) is 6.29. The van der Waals surface area contributed by atoms with Crippen molar-refractivity contribution in [3.05, 3.63) is 17.0 Å².